The van der Waals surface area contributed by atoms with Crippen molar-refractivity contribution in [1.29, 1.82) is 0 Å². The number of hydrogen-bond acceptors (Lipinski definition) is 6. The zero-order valence-electron chi connectivity index (χ0n) is 15.8. The van der Waals surface area contributed by atoms with Crippen LogP contribution in [0.5, 0.6) is 5.75 Å². The fourth-order valence-electron chi connectivity index (χ4n) is 3.52. The minimum Gasteiger partial charge on any atom is -0.485 e. The minimum absolute atomic E-state index is 0.0893. The van der Waals surface area contributed by atoms with Crippen molar-refractivity contribution in [2.75, 3.05) is 31.1 Å². The van der Waals surface area contributed by atoms with E-state index in [2.05, 4.69) is 20.2 Å². The summed E-state index contributed by atoms with van der Waals surface area (Å²) < 4.78 is 20.4. The number of nitrogens with zero attached hydrogens (tertiary/aromatic N) is 4. The molecule has 3 aromatic rings. The van der Waals surface area contributed by atoms with E-state index in [1.54, 1.807) is 10.4 Å². The molecule has 0 unspecified atom stereocenters. The molecule has 2 saturated heterocycles. The average molecular weight is 413 g/mol. The first-order valence-electron chi connectivity index (χ1n) is 9.47. The van der Waals surface area contributed by atoms with Crippen LogP contribution in [-0.2, 0) is 0 Å². The number of aromatic nitrogens is 2. The number of fused-ring (bicyclic) bond motifs is 1. The van der Waals surface area contributed by atoms with Gasteiger partial charge in [-0.25, -0.2) is 19.2 Å². The second-order valence-corrected chi connectivity index (χ2v) is 8.35. The first kappa shape index (κ1) is 18.1. The summed E-state index contributed by atoms with van der Waals surface area (Å²) in [6.07, 6.45) is 1.71. The first-order valence-corrected chi connectivity index (χ1v) is 10.4. The molecule has 150 valence electrons. The number of benzene rings is 1. The third-order valence-electron chi connectivity index (χ3n) is 5.22. The maximum absolute atomic E-state index is 13.7. The van der Waals surface area contributed by atoms with E-state index in [0.717, 1.165) is 29.2 Å². The van der Waals surface area contributed by atoms with Gasteiger partial charge in [-0.05, 0) is 18.6 Å². The molecule has 0 saturated carbocycles. The third-order valence-corrected chi connectivity index (χ3v) is 6.08. The van der Waals surface area contributed by atoms with Crippen molar-refractivity contribution in [1.82, 2.24) is 20.2 Å². The number of thiazole rings is 1. The normalized spacial score (nSPS) is 17.2. The molecule has 2 aromatic heterocycles. The lowest BCUT2D eigenvalue weighted by Crippen LogP contribution is -2.65. The molecular weight excluding hydrogens is 393 g/mol. The summed E-state index contributed by atoms with van der Waals surface area (Å²) >= 11 is 1.42. The molecule has 1 N–H and O–H groups in total. The second-order valence-electron chi connectivity index (χ2n) is 7.49. The van der Waals surface area contributed by atoms with E-state index in [1.165, 1.54) is 23.5 Å². The van der Waals surface area contributed by atoms with Crippen molar-refractivity contribution >= 4 is 33.4 Å². The Morgan fingerprint density at radius 3 is 2.83 bits per heavy atom. The topological polar surface area (TPSA) is 70.6 Å². The maximum atomic E-state index is 13.7. The van der Waals surface area contributed by atoms with E-state index in [0.29, 0.717) is 24.4 Å². The summed E-state index contributed by atoms with van der Waals surface area (Å²) in [6.45, 7) is 4.48. The molecule has 0 radical (unpaired) electrons. The van der Waals surface area contributed by atoms with E-state index in [-0.39, 0.29) is 24.0 Å². The molecule has 9 heteroatoms. The summed E-state index contributed by atoms with van der Waals surface area (Å²) in [4.78, 5) is 24.8. The summed E-state index contributed by atoms with van der Waals surface area (Å²) in [7, 11) is 0. The van der Waals surface area contributed by atoms with E-state index >= 15 is 0 Å². The van der Waals surface area contributed by atoms with Gasteiger partial charge < -0.3 is 19.9 Å². The Labute approximate surface area is 171 Å². The number of urea groups is 1. The number of rotatable bonds is 4. The van der Waals surface area contributed by atoms with E-state index in [9.17, 15) is 9.18 Å². The van der Waals surface area contributed by atoms with Crippen LogP contribution in [0.4, 0.5) is 15.0 Å². The number of likely N-dealkylation sites (tertiary alicyclic amines) is 1. The van der Waals surface area contributed by atoms with E-state index in [1.807, 2.05) is 25.3 Å². The highest BCUT2D eigenvalue weighted by Gasteiger charge is 2.36. The third kappa shape index (κ3) is 3.57. The summed E-state index contributed by atoms with van der Waals surface area (Å²) in [5.41, 5.74) is 3.39. The lowest BCUT2D eigenvalue weighted by Gasteiger charge is -2.44. The van der Waals surface area contributed by atoms with Gasteiger partial charge in [0.15, 0.2) is 0 Å². The maximum Gasteiger partial charge on any atom is 0.317 e. The van der Waals surface area contributed by atoms with Crippen molar-refractivity contribution in [2.45, 2.75) is 19.1 Å². The molecule has 2 amide bonds. The Morgan fingerprint density at radius 1 is 1.24 bits per heavy atom. The van der Waals surface area contributed by atoms with Gasteiger partial charge in [-0.1, -0.05) is 6.07 Å². The molecule has 5 rings (SSSR count). The van der Waals surface area contributed by atoms with Crippen LogP contribution in [0, 0.1) is 12.7 Å². The Balaban J connectivity index is 1.10. The number of hydrogen-bond donors (Lipinski definition) is 1. The number of pyridine rings is 1. The number of anilines is 1. The Kier molecular flexibility index (Phi) is 4.46. The van der Waals surface area contributed by atoms with Crippen LogP contribution >= 0.6 is 11.3 Å². The first-order chi connectivity index (χ1) is 14.0. The fraction of sp³-hybridized carbons (Fsp3) is 0.350. The molecule has 0 spiro atoms. The minimum atomic E-state index is -0.370. The monoisotopic (exact) mass is 413 g/mol. The van der Waals surface area contributed by atoms with Crippen molar-refractivity contribution in [3.05, 3.63) is 47.4 Å². The zero-order chi connectivity index (χ0) is 20.0. The van der Waals surface area contributed by atoms with Crippen LogP contribution in [0.15, 0.2) is 36.0 Å². The summed E-state index contributed by atoms with van der Waals surface area (Å²) in [5, 5.41) is 3.04. The Hall–Kier alpha value is -2.94. The predicted octanol–water partition coefficient (Wildman–Crippen LogP) is 2.80. The van der Waals surface area contributed by atoms with E-state index < -0.39 is 0 Å². The van der Waals surface area contributed by atoms with Crippen molar-refractivity contribution in [2.24, 2.45) is 0 Å². The van der Waals surface area contributed by atoms with Crippen LogP contribution < -0.4 is 15.0 Å². The highest BCUT2D eigenvalue weighted by molar-refractivity contribution is 7.17. The van der Waals surface area contributed by atoms with Crippen molar-refractivity contribution in [3.63, 3.8) is 0 Å². The largest absolute Gasteiger partial charge is 0.485 e. The number of amides is 2. The smallest absolute Gasteiger partial charge is 0.317 e. The quantitative estimate of drug-likeness (QED) is 0.712. The molecule has 0 atom stereocenters. The van der Waals surface area contributed by atoms with Gasteiger partial charge in [0.2, 0.25) is 0 Å². The lowest BCUT2D eigenvalue weighted by atomic mass is 10.1. The van der Waals surface area contributed by atoms with Crippen LogP contribution in [-0.4, -0.2) is 59.2 Å². The fourth-order valence-corrected chi connectivity index (χ4v) is 4.25. The van der Waals surface area contributed by atoms with Crippen LogP contribution in [0.3, 0.4) is 0 Å². The number of carbonyl (C=O) groups is 1. The number of halogens is 1. The zero-order valence-corrected chi connectivity index (χ0v) is 16.7. The lowest BCUT2D eigenvalue weighted by molar-refractivity contribution is 0.0440. The highest BCUT2D eigenvalue weighted by atomic mass is 32.1. The van der Waals surface area contributed by atoms with Gasteiger partial charge in [-0.3, -0.25) is 0 Å². The van der Waals surface area contributed by atoms with Gasteiger partial charge in [-0.2, -0.15) is 0 Å². The number of carbonyl (C=O) groups excluding carboxylic acids is 1. The van der Waals surface area contributed by atoms with Gasteiger partial charge in [0.05, 0.1) is 34.9 Å². The highest BCUT2D eigenvalue weighted by Crippen LogP contribution is 2.32. The standard InChI is InChI=1S/C20H20FN5O2S/c1-12-2-3-18(22-6-12)25-7-14(8-25)24-20(27)26-9-15(10-26)28-17-5-13(21)4-16-19(17)29-11-23-16/h2-6,11,14-15H,7-10H2,1H3,(H,24,27). The Morgan fingerprint density at radius 2 is 2.07 bits per heavy atom. The van der Waals surface area contributed by atoms with Gasteiger partial charge in [0.1, 0.15) is 23.5 Å². The number of ether oxygens (including phenoxy) is 1. The SMILES string of the molecule is Cc1ccc(N2CC(NC(=O)N3CC(Oc4cc(F)cc5ncsc45)C3)C2)nc1. The van der Waals surface area contributed by atoms with Crippen molar-refractivity contribution < 1.29 is 13.9 Å². The molecule has 0 aliphatic carbocycles. The average Bonchev–Trinajstić information content (AvgIpc) is 3.09. The molecule has 0 bridgehead atoms. The molecule has 2 aliphatic heterocycles. The summed E-state index contributed by atoms with van der Waals surface area (Å²) in [5.74, 6) is 1.06. The van der Waals surface area contributed by atoms with Gasteiger partial charge >= 0.3 is 6.03 Å². The van der Waals surface area contributed by atoms with Gasteiger partial charge in [-0.15, -0.1) is 11.3 Å². The molecular formula is C20H20FN5O2S. The molecule has 4 heterocycles. The van der Waals surface area contributed by atoms with Crippen LogP contribution in [0.25, 0.3) is 10.2 Å². The summed E-state index contributed by atoms with van der Waals surface area (Å²) in [6, 6.07) is 6.84. The van der Waals surface area contributed by atoms with Crippen molar-refractivity contribution in [3.8, 4) is 5.75 Å². The predicted molar refractivity (Wildman–Crippen MR) is 109 cm³/mol. The number of aryl methyl sites for hydroxylation is 1. The molecule has 7 nitrogen and oxygen atoms in total. The molecule has 2 aliphatic rings. The molecule has 2 fully saturated rings. The number of nitrogens with one attached hydrogen (secondary N) is 1. The van der Waals surface area contributed by atoms with Gasteiger partial charge in [0.25, 0.3) is 0 Å². The molecule has 29 heavy (non-hydrogen) atoms. The second kappa shape index (κ2) is 7.14. The van der Waals surface area contributed by atoms with E-state index in [4.69, 9.17) is 4.74 Å². The van der Waals surface area contributed by atoms with Crippen LogP contribution in [0.1, 0.15) is 5.56 Å². The van der Waals surface area contributed by atoms with Crippen LogP contribution in [0.2, 0.25) is 0 Å². The Bertz CT molecular complexity index is 1040. The van der Waals surface area contributed by atoms with Gasteiger partial charge in [0, 0.05) is 31.4 Å². The molecule has 1 aromatic carbocycles.